The highest BCUT2D eigenvalue weighted by atomic mass is 32.1. The number of rotatable bonds is 2. The van der Waals surface area contributed by atoms with Gasteiger partial charge in [-0.3, -0.25) is 0 Å². The van der Waals surface area contributed by atoms with Gasteiger partial charge < -0.3 is 9.84 Å². The van der Waals surface area contributed by atoms with Crippen LogP contribution in [0.1, 0.15) is 20.9 Å². The van der Waals surface area contributed by atoms with Gasteiger partial charge in [0.15, 0.2) is 0 Å². The van der Waals surface area contributed by atoms with Crippen molar-refractivity contribution < 1.29 is 9.84 Å². The van der Waals surface area contributed by atoms with Gasteiger partial charge in [0.1, 0.15) is 11.5 Å². The minimum absolute atomic E-state index is 0.345. The number of fused-ring (bicyclic) bond motifs is 1. The summed E-state index contributed by atoms with van der Waals surface area (Å²) in [6.07, 6.45) is 1.75. The Kier molecular flexibility index (Phi) is 2.56. The maximum Gasteiger partial charge on any atom is 0.126 e. The normalized spacial score (nSPS) is 13.5. The third kappa shape index (κ3) is 2.03. The maximum absolute atomic E-state index is 9.71. The monoisotopic (exact) mass is 246 g/mol. The Bertz CT molecular complexity index is 557. The van der Waals surface area contributed by atoms with Crippen LogP contribution >= 0.6 is 11.3 Å². The first kappa shape index (κ1) is 10.7. The molecule has 1 aliphatic rings. The van der Waals surface area contributed by atoms with E-state index in [4.69, 9.17) is 4.74 Å². The molecule has 3 heteroatoms. The molecule has 0 bridgehead atoms. The van der Waals surface area contributed by atoms with Gasteiger partial charge >= 0.3 is 0 Å². The van der Waals surface area contributed by atoms with Crippen molar-refractivity contribution in [3.8, 4) is 11.5 Å². The fourth-order valence-electron chi connectivity index (χ4n) is 2.27. The summed E-state index contributed by atoms with van der Waals surface area (Å²) in [4.78, 5) is 2.63. The number of aryl methyl sites for hydroxylation is 1. The lowest BCUT2D eigenvalue weighted by Crippen LogP contribution is -1.92. The standard InChI is InChI=1S/C14H14O2S/c1-9-2-3-13(17-9)8-11-7-12(15)6-10-4-5-16-14(10)11/h2-3,6-7,15H,4-5,8H2,1H3. The Hall–Kier alpha value is -1.48. The molecule has 2 nitrogen and oxygen atoms in total. The van der Waals surface area contributed by atoms with E-state index in [-0.39, 0.29) is 0 Å². The third-order valence-electron chi connectivity index (χ3n) is 3.01. The van der Waals surface area contributed by atoms with E-state index in [0.717, 1.165) is 36.3 Å². The van der Waals surface area contributed by atoms with Crippen LogP contribution in [0.15, 0.2) is 24.3 Å². The van der Waals surface area contributed by atoms with Crippen molar-refractivity contribution in [1.29, 1.82) is 0 Å². The molecule has 1 aromatic heterocycles. The number of benzene rings is 1. The van der Waals surface area contributed by atoms with Crippen molar-refractivity contribution in [2.45, 2.75) is 19.8 Å². The fourth-order valence-corrected chi connectivity index (χ4v) is 3.18. The van der Waals surface area contributed by atoms with Crippen molar-refractivity contribution in [1.82, 2.24) is 0 Å². The van der Waals surface area contributed by atoms with E-state index in [0.29, 0.717) is 5.75 Å². The van der Waals surface area contributed by atoms with E-state index in [1.807, 2.05) is 12.1 Å². The minimum atomic E-state index is 0.345. The highest BCUT2D eigenvalue weighted by Gasteiger charge is 2.18. The van der Waals surface area contributed by atoms with E-state index < -0.39 is 0 Å². The van der Waals surface area contributed by atoms with Crippen LogP contribution in [-0.2, 0) is 12.8 Å². The Balaban J connectivity index is 1.98. The molecule has 0 saturated carbocycles. The molecule has 17 heavy (non-hydrogen) atoms. The molecule has 3 rings (SSSR count). The Morgan fingerprint density at radius 1 is 1.35 bits per heavy atom. The third-order valence-corrected chi connectivity index (χ3v) is 4.01. The number of thiophene rings is 1. The molecule has 0 amide bonds. The molecule has 1 N–H and O–H groups in total. The zero-order chi connectivity index (χ0) is 11.8. The van der Waals surface area contributed by atoms with Crippen LogP contribution in [0.5, 0.6) is 11.5 Å². The highest BCUT2D eigenvalue weighted by molar-refractivity contribution is 7.11. The molecule has 1 aliphatic heterocycles. The molecular weight excluding hydrogens is 232 g/mol. The summed E-state index contributed by atoms with van der Waals surface area (Å²) in [5.41, 5.74) is 2.23. The molecule has 2 heterocycles. The summed E-state index contributed by atoms with van der Waals surface area (Å²) >= 11 is 1.80. The number of hydrogen-bond donors (Lipinski definition) is 1. The molecule has 0 aliphatic carbocycles. The van der Waals surface area contributed by atoms with E-state index in [1.54, 1.807) is 11.3 Å². The number of aromatic hydroxyl groups is 1. The number of phenols is 1. The van der Waals surface area contributed by atoms with E-state index in [2.05, 4.69) is 19.1 Å². The summed E-state index contributed by atoms with van der Waals surface area (Å²) in [5, 5.41) is 9.71. The minimum Gasteiger partial charge on any atom is -0.508 e. The molecule has 0 spiro atoms. The Morgan fingerprint density at radius 3 is 3.00 bits per heavy atom. The molecule has 0 radical (unpaired) electrons. The maximum atomic E-state index is 9.71. The second kappa shape index (κ2) is 4.08. The first-order chi connectivity index (χ1) is 8.22. The second-order valence-electron chi connectivity index (χ2n) is 4.38. The van der Waals surface area contributed by atoms with Crippen molar-refractivity contribution in [3.05, 3.63) is 45.1 Å². The topological polar surface area (TPSA) is 29.5 Å². The predicted molar refractivity (Wildman–Crippen MR) is 69.2 cm³/mol. The lowest BCUT2D eigenvalue weighted by Gasteiger charge is -2.07. The van der Waals surface area contributed by atoms with Crippen molar-refractivity contribution in [2.75, 3.05) is 6.61 Å². The van der Waals surface area contributed by atoms with Crippen LogP contribution in [0.4, 0.5) is 0 Å². The van der Waals surface area contributed by atoms with Crippen LogP contribution in [0, 0.1) is 6.92 Å². The van der Waals surface area contributed by atoms with Gasteiger partial charge in [-0.2, -0.15) is 0 Å². The van der Waals surface area contributed by atoms with Gasteiger partial charge in [-0.25, -0.2) is 0 Å². The SMILES string of the molecule is Cc1ccc(Cc2cc(O)cc3c2OCC3)s1. The second-order valence-corrected chi connectivity index (χ2v) is 5.75. The average Bonchev–Trinajstić information content (AvgIpc) is 2.87. The first-order valence-electron chi connectivity index (χ1n) is 5.75. The van der Waals surface area contributed by atoms with Gasteiger partial charge in [-0.05, 0) is 31.2 Å². The summed E-state index contributed by atoms with van der Waals surface area (Å²) in [5.74, 6) is 1.33. The molecule has 0 saturated heterocycles. The summed E-state index contributed by atoms with van der Waals surface area (Å²) < 4.78 is 5.66. The van der Waals surface area contributed by atoms with Gasteiger partial charge in [-0.1, -0.05) is 0 Å². The van der Waals surface area contributed by atoms with Crippen LogP contribution in [-0.4, -0.2) is 11.7 Å². The van der Waals surface area contributed by atoms with Gasteiger partial charge in [0.05, 0.1) is 6.61 Å². The smallest absolute Gasteiger partial charge is 0.126 e. The average molecular weight is 246 g/mol. The highest BCUT2D eigenvalue weighted by Crippen LogP contribution is 2.35. The van der Waals surface area contributed by atoms with Crippen LogP contribution in [0.3, 0.4) is 0 Å². The molecule has 88 valence electrons. The Labute approximate surface area is 104 Å². The molecule has 0 atom stereocenters. The van der Waals surface area contributed by atoms with E-state index in [1.165, 1.54) is 9.75 Å². The summed E-state index contributed by atoms with van der Waals surface area (Å²) in [6.45, 7) is 2.84. The van der Waals surface area contributed by atoms with Crippen molar-refractivity contribution >= 4 is 11.3 Å². The first-order valence-corrected chi connectivity index (χ1v) is 6.57. The lowest BCUT2D eigenvalue weighted by atomic mass is 10.0. The predicted octanol–water partition coefficient (Wildman–Crippen LogP) is 3.29. The molecular formula is C14H14O2S. The van der Waals surface area contributed by atoms with Gasteiger partial charge in [-0.15, -0.1) is 11.3 Å². The van der Waals surface area contributed by atoms with Crippen molar-refractivity contribution in [2.24, 2.45) is 0 Å². The van der Waals surface area contributed by atoms with Crippen molar-refractivity contribution in [3.63, 3.8) is 0 Å². The van der Waals surface area contributed by atoms with Crippen LogP contribution in [0.2, 0.25) is 0 Å². The largest absolute Gasteiger partial charge is 0.508 e. The molecule has 0 fully saturated rings. The molecule has 0 unspecified atom stereocenters. The zero-order valence-electron chi connectivity index (χ0n) is 9.69. The quantitative estimate of drug-likeness (QED) is 0.881. The number of hydrogen-bond acceptors (Lipinski definition) is 3. The molecule has 1 aromatic carbocycles. The van der Waals surface area contributed by atoms with Gasteiger partial charge in [0, 0.05) is 33.7 Å². The summed E-state index contributed by atoms with van der Waals surface area (Å²) in [7, 11) is 0. The summed E-state index contributed by atoms with van der Waals surface area (Å²) in [6, 6.07) is 7.90. The van der Waals surface area contributed by atoms with Crippen LogP contribution in [0.25, 0.3) is 0 Å². The Morgan fingerprint density at radius 2 is 2.24 bits per heavy atom. The van der Waals surface area contributed by atoms with E-state index in [9.17, 15) is 5.11 Å². The van der Waals surface area contributed by atoms with Crippen LogP contribution < -0.4 is 4.74 Å². The fraction of sp³-hybridized carbons (Fsp3) is 0.286. The molecule has 2 aromatic rings. The number of phenolic OH excluding ortho intramolecular Hbond substituents is 1. The van der Waals surface area contributed by atoms with Gasteiger partial charge in [0.25, 0.3) is 0 Å². The van der Waals surface area contributed by atoms with E-state index >= 15 is 0 Å². The van der Waals surface area contributed by atoms with Gasteiger partial charge in [0.2, 0.25) is 0 Å². The number of ether oxygens (including phenoxy) is 1. The lowest BCUT2D eigenvalue weighted by molar-refractivity contribution is 0.353. The zero-order valence-corrected chi connectivity index (χ0v) is 10.5.